The van der Waals surface area contributed by atoms with Gasteiger partial charge in [-0.2, -0.15) is 4.98 Å². The molecule has 0 spiro atoms. The topological polar surface area (TPSA) is 74.8 Å². The van der Waals surface area contributed by atoms with Crippen molar-refractivity contribution in [3.63, 3.8) is 0 Å². The smallest absolute Gasteiger partial charge is 0.265 e. The van der Waals surface area contributed by atoms with Gasteiger partial charge in [-0.25, -0.2) is 4.40 Å². The Morgan fingerprint density at radius 3 is 3.00 bits per heavy atom. The van der Waals surface area contributed by atoms with Crippen LogP contribution in [0.25, 0.3) is 4.96 Å². The van der Waals surface area contributed by atoms with Crippen LogP contribution in [-0.2, 0) is 0 Å². The van der Waals surface area contributed by atoms with Gasteiger partial charge in [-0.15, -0.1) is 11.3 Å². The highest BCUT2D eigenvalue weighted by Crippen LogP contribution is 2.18. The van der Waals surface area contributed by atoms with Crippen LogP contribution in [0.15, 0.2) is 16.2 Å². The minimum Gasteiger partial charge on any atom is -0.494 e. The summed E-state index contributed by atoms with van der Waals surface area (Å²) in [7, 11) is 0. The molecule has 2 rings (SSSR count). The van der Waals surface area contributed by atoms with Crippen LogP contribution in [0.1, 0.15) is 0 Å². The van der Waals surface area contributed by atoms with Crippen molar-refractivity contribution in [2.24, 2.45) is 0 Å². The molecule has 5 nitrogen and oxygen atoms in total. The molecule has 12 heavy (non-hydrogen) atoms. The Morgan fingerprint density at radius 2 is 2.25 bits per heavy atom. The van der Waals surface area contributed by atoms with Gasteiger partial charge in [0.05, 0.1) is 11.4 Å². The minimum atomic E-state index is -0.490. The molecule has 0 aromatic carbocycles. The van der Waals surface area contributed by atoms with Crippen molar-refractivity contribution in [3.8, 4) is 11.8 Å². The third kappa shape index (κ3) is 0.850. The van der Waals surface area contributed by atoms with Crippen molar-refractivity contribution in [3.05, 3.63) is 21.8 Å². The van der Waals surface area contributed by atoms with Crippen LogP contribution < -0.4 is 5.56 Å². The minimum absolute atomic E-state index is 0.160. The molecule has 0 aliphatic rings. The van der Waals surface area contributed by atoms with Crippen LogP contribution in [0.5, 0.6) is 11.8 Å². The van der Waals surface area contributed by atoms with Crippen LogP contribution in [-0.4, -0.2) is 19.6 Å². The van der Waals surface area contributed by atoms with E-state index in [0.29, 0.717) is 0 Å². The second-order valence-electron chi connectivity index (χ2n) is 2.16. The third-order valence-electron chi connectivity index (χ3n) is 1.37. The van der Waals surface area contributed by atoms with Gasteiger partial charge in [0.1, 0.15) is 0 Å². The van der Waals surface area contributed by atoms with E-state index in [1.54, 1.807) is 0 Å². The van der Waals surface area contributed by atoms with Gasteiger partial charge in [-0.3, -0.25) is 4.79 Å². The highest BCUT2D eigenvalue weighted by Gasteiger charge is 2.06. The van der Waals surface area contributed by atoms with E-state index in [4.69, 9.17) is 10.2 Å². The first-order chi connectivity index (χ1) is 5.68. The van der Waals surface area contributed by atoms with Crippen LogP contribution >= 0.6 is 11.3 Å². The lowest BCUT2D eigenvalue weighted by Gasteiger charge is -1.92. The van der Waals surface area contributed by atoms with Crippen LogP contribution in [0.4, 0.5) is 0 Å². The summed E-state index contributed by atoms with van der Waals surface area (Å²) in [5.41, 5.74) is -0.490. The number of thiazole rings is 1. The molecule has 0 fully saturated rings. The maximum atomic E-state index is 11.1. The molecule has 0 aliphatic heterocycles. The Balaban J connectivity index is 3.03. The van der Waals surface area contributed by atoms with Gasteiger partial charge < -0.3 is 10.2 Å². The Kier molecular flexibility index (Phi) is 1.31. The van der Waals surface area contributed by atoms with Gasteiger partial charge in [-0.1, -0.05) is 0 Å². The Hall–Kier alpha value is -1.56. The van der Waals surface area contributed by atoms with Crippen molar-refractivity contribution in [1.29, 1.82) is 0 Å². The predicted molar refractivity (Wildman–Crippen MR) is 42.7 cm³/mol. The normalized spacial score (nSPS) is 10.7. The molecule has 2 N–H and O–H groups in total. The summed E-state index contributed by atoms with van der Waals surface area (Å²) in [6, 6.07) is 0.944. The number of hydrogen-bond donors (Lipinski definition) is 2. The Bertz CT molecular complexity index is 487. The van der Waals surface area contributed by atoms with E-state index in [2.05, 4.69) is 4.98 Å². The van der Waals surface area contributed by atoms with Crippen molar-refractivity contribution >= 4 is 16.3 Å². The highest BCUT2D eigenvalue weighted by atomic mass is 32.1. The highest BCUT2D eigenvalue weighted by molar-refractivity contribution is 7.15. The Labute approximate surface area is 70.2 Å². The van der Waals surface area contributed by atoms with Gasteiger partial charge in [0, 0.05) is 0 Å². The molecular weight excluding hydrogens is 180 g/mol. The van der Waals surface area contributed by atoms with Gasteiger partial charge >= 0.3 is 0 Å². The standard InChI is InChI=1S/C6H4N2O3S/c9-3-1-4(10)8-5(11)2-12-6(8)7-3/h1-2,9,11H. The summed E-state index contributed by atoms with van der Waals surface area (Å²) >= 11 is 1.08. The maximum absolute atomic E-state index is 11.1. The van der Waals surface area contributed by atoms with E-state index < -0.39 is 5.56 Å². The molecule has 0 saturated carbocycles. The van der Waals surface area contributed by atoms with Crippen LogP contribution in [0.3, 0.4) is 0 Å². The molecule has 6 heteroatoms. The van der Waals surface area contributed by atoms with Gasteiger partial charge in [-0.05, 0) is 0 Å². The molecule has 2 heterocycles. The number of rotatable bonds is 0. The largest absolute Gasteiger partial charge is 0.494 e. The van der Waals surface area contributed by atoms with Crippen molar-refractivity contribution in [1.82, 2.24) is 9.38 Å². The first-order valence-corrected chi connectivity index (χ1v) is 3.95. The fourth-order valence-electron chi connectivity index (χ4n) is 0.898. The summed E-state index contributed by atoms with van der Waals surface area (Å²) in [4.78, 5) is 15.0. The monoisotopic (exact) mass is 184 g/mol. The number of aromatic nitrogens is 2. The number of hydrogen-bond acceptors (Lipinski definition) is 5. The predicted octanol–water partition coefficient (Wildman–Crippen LogP) is 0.167. The van der Waals surface area contributed by atoms with E-state index in [0.717, 1.165) is 21.8 Å². The second kappa shape index (κ2) is 2.21. The van der Waals surface area contributed by atoms with Crippen molar-refractivity contribution in [2.75, 3.05) is 0 Å². The van der Waals surface area contributed by atoms with Crippen molar-refractivity contribution in [2.45, 2.75) is 0 Å². The quantitative estimate of drug-likeness (QED) is 0.611. The fourth-order valence-corrected chi connectivity index (χ4v) is 1.65. The molecule has 0 aliphatic carbocycles. The molecule has 0 saturated heterocycles. The van der Waals surface area contributed by atoms with Gasteiger partial charge in [0.15, 0.2) is 0 Å². The fraction of sp³-hybridized carbons (Fsp3) is 0. The van der Waals surface area contributed by atoms with Crippen molar-refractivity contribution < 1.29 is 10.2 Å². The van der Waals surface area contributed by atoms with E-state index in [-0.39, 0.29) is 16.7 Å². The number of nitrogens with zero attached hydrogens (tertiary/aromatic N) is 2. The first kappa shape index (κ1) is 7.11. The van der Waals surface area contributed by atoms with E-state index in [9.17, 15) is 4.79 Å². The number of fused-ring (bicyclic) bond motifs is 1. The summed E-state index contributed by atoms with van der Waals surface area (Å²) in [6.07, 6.45) is 0. The average molecular weight is 184 g/mol. The summed E-state index contributed by atoms with van der Waals surface area (Å²) in [6.45, 7) is 0. The molecule has 62 valence electrons. The maximum Gasteiger partial charge on any atom is 0.265 e. The first-order valence-electron chi connectivity index (χ1n) is 3.08. The number of aromatic hydroxyl groups is 2. The van der Waals surface area contributed by atoms with Gasteiger partial charge in [0.25, 0.3) is 5.56 Å². The molecule has 0 amide bonds. The molecule has 2 aromatic heterocycles. The zero-order valence-corrected chi connectivity index (χ0v) is 6.58. The van der Waals surface area contributed by atoms with Crippen LogP contribution in [0, 0.1) is 0 Å². The molecule has 0 unspecified atom stereocenters. The zero-order valence-electron chi connectivity index (χ0n) is 5.76. The zero-order chi connectivity index (χ0) is 8.72. The second-order valence-corrected chi connectivity index (χ2v) is 3.00. The lowest BCUT2D eigenvalue weighted by Crippen LogP contribution is -2.10. The summed E-state index contributed by atoms with van der Waals surface area (Å²) in [5, 5.41) is 19.4. The Morgan fingerprint density at radius 1 is 1.50 bits per heavy atom. The third-order valence-corrected chi connectivity index (χ3v) is 2.19. The van der Waals surface area contributed by atoms with Crippen LogP contribution in [0.2, 0.25) is 0 Å². The summed E-state index contributed by atoms with van der Waals surface area (Å²) in [5.74, 6) is -0.491. The molecule has 0 bridgehead atoms. The lowest BCUT2D eigenvalue weighted by atomic mass is 10.6. The van der Waals surface area contributed by atoms with E-state index in [1.807, 2.05) is 0 Å². The van der Waals surface area contributed by atoms with Gasteiger partial charge in [0.2, 0.25) is 16.7 Å². The molecule has 0 atom stereocenters. The summed E-state index contributed by atoms with van der Waals surface area (Å²) < 4.78 is 1.02. The molecule has 0 radical (unpaired) electrons. The average Bonchev–Trinajstić information content (AvgIpc) is 2.31. The SMILES string of the molecule is O=c1cc(O)nc2scc(O)n12. The van der Waals surface area contributed by atoms with E-state index in [1.165, 1.54) is 5.38 Å². The van der Waals surface area contributed by atoms with E-state index >= 15 is 0 Å². The lowest BCUT2D eigenvalue weighted by molar-refractivity contribution is 0.438. The molecular formula is C6H4N2O3S. The molecule has 2 aromatic rings.